The van der Waals surface area contributed by atoms with E-state index in [0.29, 0.717) is 23.4 Å². The highest BCUT2D eigenvalue weighted by Crippen LogP contribution is 2.48. The smallest absolute Gasteiger partial charge is 0.229 e. The molecule has 3 aromatic rings. The predicted molar refractivity (Wildman–Crippen MR) is 83.5 cm³/mol. The van der Waals surface area contributed by atoms with Crippen molar-refractivity contribution < 1.29 is 9.18 Å². The number of aromatic amines is 1. The highest BCUT2D eigenvalue weighted by Gasteiger charge is 2.45. The molecule has 0 aliphatic heterocycles. The normalized spacial score (nSPS) is 20.0. The number of carbonyl (C=O) groups excluding carboxylic acids is 1. The number of nitrogens with one attached hydrogen (secondary N) is 2. The molecule has 7 heteroatoms. The molecule has 2 atom stereocenters. The number of amides is 1. The Bertz CT molecular complexity index is 912. The number of aryl methyl sites for hydroxylation is 2. The molecule has 0 bridgehead atoms. The molecule has 2 aromatic heterocycles. The fourth-order valence-electron chi connectivity index (χ4n) is 3.14. The van der Waals surface area contributed by atoms with Crippen LogP contribution in [0.25, 0.3) is 11.0 Å². The molecule has 0 radical (unpaired) electrons. The number of hydrogen-bond acceptors (Lipinski definition) is 3. The largest absolute Gasteiger partial charge is 0.310 e. The van der Waals surface area contributed by atoms with Crippen molar-refractivity contribution in [1.29, 1.82) is 0 Å². The van der Waals surface area contributed by atoms with Crippen molar-refractivity contribution in [2.45, 2.75) is 19.3 Å². The van der Waals surface area contributed by atoms with E-state index in [9.17, 15) is 9.18 Å². The summed E-state index contributed by atoms with van der Waals surface area (Å²) in [5.74, 6) is -0.0755. The molecule has 6 nitrogen and oxygen atoms in total. The van der Waals surface area contributed by atoms with Crippen LogP contribution in [0.2, 0.25) is 0 Å². The lowest BCUT2D eigenvalue weighted by atomic mass is 10.1. The Kier molecular flexibility index (Phi) is 2.97. The topological polar surface area (TPSA) is 75.6 Å². The molecule has 1 fully saturated rings. The summed E-state index contributed by atoms with van der Waals surface area (Å²) >= 11 is 0. The van der Waals surface area contributed by atoms with Gasteiger partial charge in [0.2, 0.25) is 5.91 Å². The SMILES string of the molecule is Cc1nn(C)c2n[nH]c(NC(=O)[C@H]3C[C@@H]3c3ccccc3F)c12. The van der Waals surface area contributed by atoms with Gasteiger partial charge in [0.15, 0.2) is 5.65 Å². The molecule has 2 N–H and O–H groups in total. The van der Waals surface area contributed by atoms with E-state index in [2.05, 4.69) is 20.6 Å². The zero-order valence-electron chi connectivity index (χ0n) is 12.8. The van der Waals surface area contributed by atoms with E-state index in [0.717, 1.165) is 11.1 Å². The Morgan fingerprint density at radius 3 is 3.00 bits per heavy atom. The average molecular weight is 313 g/mol. The minimum Gasteiger partial charge on any atom is -0.310 e. The van der Waals surface area contributed by atoms with Crippen LogP contribution in [0.5, 0.6) is 0 Å². The first kappa shape index (κ1) is 13.9. The van der Waals surface area contributed by atoms with Crippen LogP contribution in [0.4, 0.5) is 10.2 Å². The van der Waals surface area contributed by atoms with Gasteiger partial charge in [-0.05, 0) is 30.9 Å². The molecule has 2 heterocycles. The van der Waals surface area contributed by atoms with Gasteiger partial charge in [0.25, 0.3) is 0 Å². The third-order valence-electron chi connectivity index (χ3n) is 4.40. The van der Waals surface area contributed by atoms with Gasteiger partial charge in [-0.1, -0.05) is 18.2 Å². The van der Waals surface area contributed by atoms with E-state index in [1.807, 2.05) is 6.92 Å². The van der Waals surface area contributed by atoms with Gasteiger partial charge < -0.3 is 5.32 Å². The van der Waals surface area contributed by atoms with E-state index in [1.165, 1.54) is 6.07 Å². The number of aromatic nitrogens is 4. The average Bonchev–Trinajstić information content (AvgIpc) is 3.12. The van der Waals surface area contributed by atoms with Crippen molar-refractivity contribution in [1.82, 2.24) is 20.0 Å². The van der Waals surface area contributed by atoms with Gasteiger partial charge in [-0.3, -0.25) is 9.89 Å². The summed E-state index contributed by atoms with van der Waals surface area (Å²) < 4.78 is 15.5. The fourth-order valence-corrected chi connectivity index (χ4v) is 3.14. The minimum atomic E-state index is -0.250. The molecule has 1 aliphatic rings. The zero-order valence-corrected chi connectivity index (χ0v) is 12.8. The zero-order chi connectivity index (χ0) is 16.1. The second kappa shape index (κ2) is 4.91. The molecule has 1 amide bonds. The molecule has 1 saturated carbocycles. The van der Waals surface area contributed by atoms with Crippen LogP contribution in [0.1, 0.15) is 23.6 Å². The predicted octanol–water partition coefficient (Wildman–Crippen LogP) is 2.49. The molecule has 23 heavy (non-hydrogen) atoms. The van der Waals surface area contributed by atoms with E-state index >= 15 is 0 Å². The molecule has 0 unspecified atom stereocenters. The fraction of sp³-hybridized carbons (Fsp3) is 0.312. The van der Waals surface area contributed by atoms with Gasteiger partial charge in [0.1, 0.15) is 11.6 Å². The van der Waals surface area contributed by atoms with Crippen LogP contribution in [0.15, 0.2) is 24.3 Å². The summed E-state index contributed by atoms with van der Waals surface area (Å²) in [5.41, 5.74) is 2.10. The van der Waals surface area contributed by atoms with Crippen molar-refractivity contribution in [2.75, 3.05) is 5.32 Å². The number of benzene rings is 1. The Hall–Kier alpha value is -2.70. The Morgan fingerprint density at radius 2 is 2.22 bits per heavy atom. The first-order valence-electron chi connectivity index (χ1n) is 7.49. The molecule has 118 valence electrons. The van der Waals surface area contributed by atoms with Gasteiger partial charge in [-0.25, -0.2) is 9.07 Å². The number of hydrogen-bond donors (Lipinski definition) is 2. The van der Waals surface area contributed by atoms with E-state index in [4.69, 9.17) is 0 Å². The molecule has 1 aromatic carbocycles. The molecule has 0 saturated heterocycles. The summed E-state index contributed by atoms with van der Waals surface area (Å²) in [6.07, 6.45) is 0.663. The van der Waals surface area contributed by atoms with E-state index in [1.54, 1.807) is 29.9 Å². The number of halogens is 1. The third kappa shape index (κ3) is 2.19. The van der Waals surface area contributed by atoms with Crippen LogP contribution >= 0.6 is 0 Å². The highest BCUT2D eigenvalue weighted by atomic mass is 19.1. The lowest BCUT2D eigenvalue weighted by Gasteiger charge is -2.04. The molecular formula is C16H16FN5O. The van der Waals surface area contributed by atoms with Crippen molar-refractivity contribution in [3.8, 4) is 0 Å². The Labute approximate surface area is 131 Å². The quantitative estimate of drug-likeness (QED) is 0.780. The summed E-state index contributed by atoms with van der Waals surface area (Å²) in [5, 5.41) is 15.0. The second-order valence-corrected chi connectivity index (χ2v) is 5.97. The second-order valence-electron chi connectivity index (χ2n) is 5.97. The molecular weight excluding hydrogens is 297 g/mol. The highest BCUT2D eigenvalue weighted by molar-refractivity contribution is 6.02. The summed E-state index contributed by atoms with van der Waals surface area (Å²) in [7, 11) is 1.80. The van der Waals surface area contributed by atoms with E-state index in [-0.39, 0.29) is 23.6 Å². The number of fused-ring (bicyclic) bond motifs is 1. The minimum absolute atomic E-state index is 0.0513. The first-order valence-corrected chi connectivity index (χ1v) is 7.49. The first-order chi connectivity index (χ1) is 11.1. The maximum Gasteiger partial charge on any atom is 0.229 e. The number of rotatable bonds is 3. The third-order valence-corrected chi connectivity index (χ3v) is 4.40. The summed E-state index contributed by atoms with van der Waals surface area (Å²) in [4.78, 5) is 12.4. The Balaban J connectivity index is 1.54. The number of H-pyrrole nitrogens is 1. The standard InChI is InChI=1S/C16H16FN5O/c1-8-13-14(19-20-15(13)22(2)21-8)18-16(23)11-7-10(11)9-5-3-4-6-12(9)17/h3-6,10-11H,7H2,1-2H3,(H2,18,19,20,23)/t10-,11+/m1/s1. The van der Waals surface area contributed by atoms with Crippen LogP contribution in [-0.4, -0.2) is 25.9 Å². The number of carbonyl (C=O) groups is 1. The van der Waals surface area contributed by atoms with Gasteiger partial charge in [0.05, 0.1) is 11.1 Å². The van der Waals surface area contributed by atoms with Gasteiger partial charge >= 0.3 is 0 Å². The van der Waals surface area contributed by atoms with Crippen molar-refractivity contribution in [3.05, 3.63) is 41.3 Å². The van der Waals surface area contributed by atoms with Crippen LogP contribution < -0.4 is 5.32 Å². The summed E-state index contributed by atoms with van der Waals surface area (Å²) in [6, 6.07) is 6.62. The monoisotopic (exact) mass is 313 g/mol. The van der Waals surface area contributed by atoms with Crippen LogP contribution in [-0.2, 0) is 11.8 Å². The molecule has 1 aliphatic carbocycles. The van der Waals surface area contributed by atoms with Crippen LogP contribution in [0, 0.1) is 18.7 Å². The van der Waals surface area contributed by atoms with Gasteiger partial charge in [-0.2, -0.15) is 10.2 Å². The lowest BCUT2D eigenvalue weighted by Crippen LogP contribution is -2.15. The van der Waals surface area contributed by atoms with Crippen molar-refractivity contribution >= 4 is 22.8 Å². The number of anilines is 1. The lowest BCUT2D eigenvalue weighted by molar-refractivity contribution is -0.117. The van der Waals surface area contributed by atoms with Gasteiger partial charge in [0, 0.05) is 13.0 Å². The Morgan fingerprint density at radius 1 is 1.43 bits per heavy atom. The number of nitrogens with zero attached hydrogens (tertiary/aromatic N) is 3. The maximum absolute atomic E-state index is 13.8. The van der Waals surface area contributed by atoms with Crippen molar-refractivity contribution in [2.24, 2.45) is 13.0 Å². The molecule has 0 spiro atoms. The molecule has 4 rings (SSSR count). The maximum atomic E-state index is 13.8. The van der Waals surface area contributed by atoms with Crippen LogP contribution in [0.3, 0.4) is 0 Å². The summed E-state index contributed by atoms with van der Waals surface area (Å²) in [6.45, 7) is 1.87. The van der Waals surface area contributed by atoms with Gasteiger partial charge in [-0.15, -0.1) is 0 Å². The van der Waals surface area contributed by atoms with E-state index < -0.39 is 0 Å². The van der Waals surface area contributed by atoms with Crippen molar-refractivity contribution in [3.63, 3.8) is 0 Å².